The minimum atomic E-state index is -1.27. The average molecular weight is 373 g/mol. The van der Waals surface area contributed by atoms with Crippen LogP contribution in [0, 0.1) is 5.92 Å². The number of hydrogen-bond acceptors (Lipinski definition) is 7. The number of carboxylic acid groups (broad SMARTS) is 1. The Bertz CT molecular complexity index is 825. The first-order valence-electron chi connectivity index (χ1n) is 8.05. The molecule has 0 bridgehead atoms. The van der Waals surface area contributed by atoms with Crippen LogP contribution in [0.3, 0.4) is 0 Å². The Balaban J connectivity index is 2.12. The fourth-order valence-corrected chi connectivity index (χ4v) is 2.07. The second-order valence-corrected chi connectivity index (χ2v) is 5.63. The summed E-state index contributed by atoms with van der Waals surface area (Å²) in [5.41, 5.74) is 0.552. The predicted molar refractivity (Wildman–Crippen MR) is 93.3 cm³/mol. The van der Waals surface area contributed by atoms with E-state index >= 15 is 0 Å². The van der Waals surface area contributed by atoms with Crippen LogP contribution in [0.1, 0.15) is 33.5 Å². The van der Waals surface area contributed by atoms with Crippen molar-refractivity contribution >= 4 is 17.8 Å². The van der Waals surface area contributed by atoms with Gasteiger partial charge < -0.3 is 19.9 Å². The third-order valence-corrected chi connectivity index (χ3v) is 3.58. The molecule has 0 saturated heterocycles. The molecule has 1 unspecified atom stereocenters. The molecule has 0 aliphatic rings. The van der Waals surface area contributed by atoms with E-state index in [1.165, 1.54) is 7.11 Å². The molecule has 1 aromatic heterocycles. The molecule has 1 heterocycles. The van der Waals surface area contributed by atoms with Gasteiger partial charge >= 0.3 is 11.9 Å². The quantitative estimate of drug-likeness (QED) is 0.663. The van der Waals surface area contributed by atoms with Gasteiger partial charge in [-0.05, 0) is 5.56 Å². The highest BCUT2D eigenvalue weighted by Gasteiger charge is 2.20. The number of rotatable bonds is 8. The summed E-state index contributed by atoms with van der Waals surface area (Å²) in [5, 5.41) is 11.7. The molecule has 9 nitrogen and oxygen atoms in total. The Morgan fingerprint density at radius 3 is 2.56 bits per heavy atom. The summed E-state index contributed by atoms with van der Waals surface area (Å²) in [4.78, 5) is 42.5. The van der Waals surface area contributed by atoms with Crippen molar-refractivity contribution in [2.75, 3.05) is 13.7 Å². The zero-order valence-electron chi connectivity index (χ0n) is 14.8. The lowest BCUT2D eigenvalue weighted by Gasteiger charge is -2.11. The number of methoxy groups -OCH3 is 1. The SMILES string of the molecule is COC(=O)C(C)CNC(=O)c1ncc(C(=O)O)c(OCc2ccccc2)n1. The molecule has 0 fully saturated rings. The third-order valence-electron chi connectivity index (χ3n) is 3.58. The predicted octanol–water partition coefficient (Wildman–Crippen LogP) is 1.29. The van der Waals surface area contributed by atoms with Gasteiger partial charge in [-0.1, -0.05) is 37.3 Å². The van der Waals surface area contributed by atoms with Crippen molar-refractivity contribution in [3.05, 3.63) is 53.5 Å². The Morgan fingerprint density at radius 2 is 1.93 bits per heavy atom. The number of hydrogen-bond donors (Lipinski definition) is 2. The van der Waals surface area contributed by atoms with Crippen molar-refractivity contribution in [1.29, 1.82) is 0 Å². The number of benzene rings is 1. The summed E-state index contributed by atoms with van der Waals surface area (Å²) in [6.45, 7) is 1.70. The van der Waals surface area contributed by atoms with E-state index in [1.54, 1.807) is 6.92 Å². The largest absolute Gasteiger partial charge is 0.477 e. The van der Waals surface area contributed by atoms with E-state index in [4.69, 9.17) is 4.74 Å². The number of nitrogens with zero attached hydrogens (tertiary/aromatic N) is 2. The van der Waals surface area contributed by atoms with Crippen molar-refractivity contribution in [3.8, 4) is 5.88 Å². The number of esters is 1. The maximum atomic E-state index is 12.2. The monoisotopic (exact) mass is 373 g/mol. The normalized spacial score (nSPS) is 11.3. The number of aromatic nitrogens is 2. The van der Waals surface area contributed by atoms with Crippen LogP contribution in [-0.2, 0) is 16.1 Å². The number of amides is 1. The fourth-order valence-electron chi connectivity index (χ4n) is 2.07. The number of carbonyl (C=O) groups excluding carboxylic acids is 2. The Hall–Kier alpha value is -3.49. The zero-order valence-corrected chi connectivity index (χ0v) is 14.8. The lowest BCUT2D eigenvalue weighted by atomic mass is 10.2. The van der Waals surface area contributed by atoms with Gasteiger partial charge in [0.25, 0.3) is 5.91 Å². The molecule has 1 aromatic carbocycles. The van der Waals surface area contributed by atoms with Crippen LogP contribution < -0.4 is 10.1 Å². The summed E-state index contributed by atoms with van der Waals surface area (Å²) in [6.07, 6.45) is 1.01. The Kier molecular flexibility index (Phi) is 6.81. The van der Waals surface area contributed by atoms with Gasteiger partial charge in [0, 0.05) is 12.7 Å². The van der Waals surface area contributed by atoms with E-state index in [2.05, 4.69) is 20.0 Å². The number of carbonyl (C=O) groups is 3. The maximum absolute atomic E-state index is 12.2. The first-order chi connectivity index (χ1) is 12.9. The fraction of sp³-hybridized carbons (Fsp3) is 0.278. The molecule has 0 aliphatic heterocycles. The molecule has 142 valence electrons. The number of nitrogens with one attached hydrogen (secondary N) is 1. The van der Waals surface area contributed by atoms with Crippen molar-refractivity contribution in [2.24, 2.45) is 5.92 Å². The molecule has 1 atom stereocenters. The zero-order chi connectivity index (χ0) is 19.8. The van der Waals surface area contributed by atoms with Crippen molar-refractivity contribution in [1.82, 2.24) is 15.3 Å². The van der Waals surface area contributed by atoms with E-state index in [-0.39, 0.29) is 30.4 Å². The number of ether oxygens (including phenoxy) is 2. The van der Waals surface area contributed by atoms with Gasteiger partial charge in [0.15, 0.2) is 0 Å². The van der Waals surface area contributed by atoms with E-state index in [0.717, 1.165) is 11.8 Å². The molecule has 1 amide bonds. The summed E-state index contributed by atoms with van der Waals surface area (Å²) >= 11 is 0. The molecule has 0 spiro atoms. The second kappa shape index (κ2) is 9.27. The summed E-state index contributed by atoms with van der Waals surface area (Å²) in [7, 11) is 1.25. The van der Waals surface area contributed by atoms with Crippen molar-refractivity contribution in [2.45, 2.75) is 13.5 Å². The highest BCUT2D eigenvalue weighted by Crippen LogP contribution is 2.16. The van der Waals surface area contributed by atoms with Crippen LogP contribution in [0.25, 0.3) is 0 Å². The lowest BCUT2D eigenvalue weighted by Crippen LogP contribution is -2.33. The molecule has 0 saturated carbocycles. The summed E-state index contributed by atoms with van der Waals surface area (Å²) in [5.74, 6) is -3.43. The third kappa shape index (κ3) is 5.50. The molecule has 0 aliphatic carbocycles. The first-order valence-corrected chi connectivity index (χ1v) is 8.05. The van der Waals surface area contributed by atoms with Crippen LogP contribution in [-0.4, -0.2) is 46.6 Å². The van der Waals surface area contributed by atoms with E-state index in [0.29, 0.717) is 0 Å². The first kappa shape index (κ1) is 19.8. The van der Waals surface area contributed by atoms with Gasteiger partial charge in [0.05, 0.1) is 13.0 Å². The molecule has 27 heavy (non-hydrogen) atoms. The van der Waals surface area contributed by atoms with E-state index in [9.17, 15) is 19.5 Å². The minimum absolute atomic E-state index is 0.0236. The second-order valence-electron chi connectivity index (χ2n) is 5.63. The lowest BCUT2D eigenvalue weighted by molar-refractivity contribution is -0.144. The average Bonchev–Trinajstić information content (AvgIpc) is 2.69. The summed E-state index contributed by atoms with van der Waals surface area (Å²) in [6, 6.07) is 9.10. The Labute approximate surface area is 155 Å². The van der Waals surface area contributed by atoms with Crippen LogP contribution >= 0.6 is 0 Å². The smallest absolute Gasteiger partial charge is 0.342 e. The van der Waals surface area contributed by atoms with Gasteiger partial charge in [0.1, 0.15) is 12.2 Å². The highest BCUT2D eigenvalue weighted by atomic mass is 16.5. The molecule has 9 heteroatoms. The molecule has 0 radical (unpaired) electrons. The standard InChI is InChI=1S/C18H19N3O6/c1-11(18(25)26-2)8-20-15(22)14-19-9-13(17(23)24)16(21-14)27-10-12-6-4-3-5-7-12/h3-7,9,11H,8,10H2,1-2H3,(H,20,22)(H,23,24). The van der Waals surface area contributed by atoms with Gasteiger partial charge in [0.2, 0.25) is 11.7 Å². The topological polar surface area (TPSA) is 128 Å². The van der Waals surface area contributed by atoms with Gasteiger partial charge in [-0.3, -0.25) is 9.59 Å². The molecular formula is C18H19N3O6. The highest BCUT2D eigenvalue weighted by molar-refractivity contribution is 5.93. The van der Waals surface area contributed by atoms with E-state index in [1.807, 2.05) is 30.3 Å². The minimum Gasteiger partial charge on any atom is -0.477 e. The van der Waals surface area contributed by atoms with Gasteiger partial charge in [-0.15, -0.1) is 0 Å². The molecule has 2 rings (SSSR count). The van der Waals surface area contributed by atoms with Crippen molar-refractivity contribution < 1.29 is 29.0 Å². The van der Waals surface area contributed by atoms with E-state index < -0.39 is 23.8 Å². The van der Waals surface area contributed by atoms with Crippen LogP contribution in [0.5, 0.6) is 5.88 Å². The number of aromatic carboxylic acids is 1. The van der Waals surface area contributed by atoms with Crippen molar-refractivity contribution in [3.63, 3.8) is 0 Å². The maximum Gasteiger partial charge on any atom is 0.342 e. The molecular weight excluding hydrogens is 354 g/mol. The van der Waals surface area contributed by atoms with Crippen LogP contribution in [0.4, 0.5) is 0 Å². The summed E-state index contributed by atoms with van der Waals surface area (Å²) < 4.78 is 10.0. The number of carboxylic acids is 1. The van der Waals surface area contributed by atoms with Crippen LogP contribution in [0.15, 0.2) is 36.5 Å². The molecule has 2 N–H and O–H groups in total. The molecule has 2 aromatic rings. The van der Waals surface area contributed by atoms with Gasteiger partial charge in [-0.25, -0.2) is 9.78 Å². The Morgan fingerprint density at radius 1 is 1.22 bits per heavy atom. The van der Waals surface area contributed by atoms with Gasteiger partial charge in [-0.2, -0.15) is 4.98 Å². The van der Waals surface area contributed by atoms with Crippen LogP contribution in [0.2, 0.25) is 0 Å².